The lowest BCUT2D eigenvalue weighted by Gasteiger charge is -2.21. The highest BCUT2D eigenvalue weighted by molar-refractivity contribution is 7.47. The second-order valence-corrected chi connectivity index (χ2v) is 15.8. The van der Waals surface area contributed by atoms with Crippen LogP contribution in [0.1, 0.15) is 143 Å². The van der Waals surface area contributed by atoms with Gasteiger partial charge in [-0.2, -0.15) is 0 Å². The van der Waals surface area contributed by atoms with Crippen molar-refractivity contribution in [3.8, 4) is 0 Å². The van der Waals surface area contributed by atoms with Crippen LogP contribution in [0.25, 0.3) is 0 Å². The molecule has 3 N–H and O–H groups in total. The molecule has 0 saturated heterocycles. The zero-order valence-electron chi connectivity index (χ0n) is 32.7. The Kier molecular flexibility index (Phi) is 31.0. The lowest BCUT2D eigenvalue weighted by atomic mass is 10.1. The number of carbonyl (C=O) groups excluding carboxylic acids is 4. The van der Waals surface area contributed by atoms with Crippen molar-refractivity contribution in [2.45, 2.75) is 162 Å². The van der Waals surface area contributed by atoms with E-state index in [1.54, 1.807) is 6.92 Å². The van der Waals surface area contributed by atoms with E-state index in [9.17, 15) is 43.2 Å². The molecule has 0 aromatic heterocycles. The van der Waals surface area contributed by atoms with Crippen molar-refractivity contribution < 1.29 is 80.2 Å². The lowest BCUT2D eigenvalue weighted by Crippen LogP contribution is -2.30. The van der Waals surface area contributed by atoms with E-state index in [4.69, 9.17) is 37.0 Å². The van der Waals surface area contributed by atoms with Crippen LogP contribution in [0.5, 0.6) is 0 Å². The molecule has 0 radical (unpaired) electrons. The molecule has 0 aliphatic heterocycles. The maximum Gasteiger partial charge on any atom is 0.472 e. The maximum atomic E-state index is 12.5. The summed E-state index contributed by atoms with van der Waals surface area (Å²) in [7, 11) is -9.76. The molecule has 5 atom stereocenters. The molecule has 0 aromatic rings. The first-order valence-corrected chi connectivity index (χ1v) is 22.3. The monoisotopic (exact) mass is 820 g/mol. The number of hydrogen-bond donors (Lipinski definition) is 3. The maximum absolute atomic E-state index is 12.5. The number of esters is 4. The van der Waals surface area contributed by atoms with E-state index in [-0.39, 0.29) is 25.7 Å². The van der Waals surface area contributed by atoms with Crippen LogP contribution in [0.3, 0.4) is 0 Å². The summed E-state index contributed by atoms with van der Waals surface area (Å²) >= 11 is 0. The molecule has 17 nitrogen and oxygen atoms in total. The number of phosphoric acid groups is 2. The van der Waals surface area contributed by atoms with Crippen molar-refractivity contribution in [3.63, 3.8) is 0 Å². The molecule has 0 amide bonds. The van der Waals surface area contributed by atoms with Crippen molar-refractivity contribution in [2.24, 2.45) is 0 Å². The smallest absolute Gasteiger partial charge is 0.462 e. The van der Waals surface area contributed by atoms with E-state index in [1.165, 1.54) is 0 Å². The summed E-state index contributed by atoms with van der Waals surface area (Å²) in [6, 6.07) is 0. The van der Waals surface area contributed by atoms with Crippen LogP contribution >= 0.6 is 15.6 Å². The van der Waals surface area contributed by atoms with E-state index >= 15 is 0 Å². The summed E-state index contributed by atoms with van der Waals surface area (Å²) in [5.41, 5.74) is 0. The van der Waals surface area contributed by atoms with Crippen LogP contribution in [-0.2, 0) is 65.4 Å². The minimum absolute atomic E-state index is 0.0521. The molecule has 0 heterocycles. The number of ether oxygens (including phenoxy) is 4. The highest BCUT2D eigenvalue weighted by Crippen LogP contribution is 2.45. The van der Waals surface area contributed by atoms with Crippen molar-refractivity contribution in [1.29, 1.82) is 0 Å². The zero-order chi connectivity index (χ0) is 40.7. The standard InChI is InChI=1S/C35H66O17P2/c1-5-9-12-13-14-15-18-22-35(40)52-31(26-46-33(38)21-17-11-7-3)28-50-54(43,44)48-24-29(36)23-47-53(41,42)49-27-30(51-34(39)19-8-4)25-45-32(37)20-16-10-6-2/h29-31,36H,5-28H2,1-4H3,(H,41,42)(H,43,44)/t29-,30-,31-/m1/s1. The number of rotatable bonds is 36. The molecule has 0 aliphatic carbocycles. The first-order chi connectivity index (χ1) is 25.7. The SMILES string of the molecule is CCCCCCCCCC(=O)O[C@H](COC(=O)CCCCC)COP(=O)(O)OC[C@H](O)COP(=O)(O)OC[C@@H](COC(=O)CCCCC)OC(=O)CCC. The fourth-order valence-corrected chi connectivity index (χ4v) is 6.12. The van der Waals surface area contributed by atoms with Crippen LogP contribution in [0.4, 0.5) is 0 Å². The Hall–Kier alpha value is -1.94. The molecule has 0 bridgehead atoms. The Bertz CT molecular complexity index is 1120. The summed E-state index contributed by atoms with van der Waals surface area (Å²) in [5.74, 6) is -2.29. The number of carbonyl (C=O) groups is 4. The third-order valence-corrected chi connectivity index (χ3v) is 9.47. The fraction of sp³-hybridized carbons (Fsp3) is 0.886. The van der Waals surface area contributed by atoms with Crippen LogP contribution in [0, 0.1) is 0 Å². The predicted molar refractivity (Wildman–Crippen MR) is 197 cm³/mol. The number of hydrogen-bond acceptors (Lipinski definition) is 15. The number of phosphoric ester groups is 2. The first kappa shape index (κ1) is 52.1. The van der Waals surface area contributed by atoms with Gasteiger partial charge in [-0.1, -0.05) is 91.9 Å². The van der Waals surface area contributed by atoms with Gasteiger partial charge in [-0.15, -0.1) is 0 Å². The molecule has 0 spiro atoms. The normalized spacial score (nSPS) is 15.3. The van der Waals surface area contributed by atoms with Crippen molar-refractivity contribution in [1.82, 2.24) is 0 Å². The molecule has 2 unspecified atom stereocenters. The molecule has 19 heteroatoms. The molecule has 0 aliphatic rings. The molecule has 0 saturated carbocycles. The lowest BCUT2D eigenvalue weighted by molar-refractivity contribution is -0.161. The molecular weight excluding hydrogens is 754 g/mol. The van der Waals surface area contributed by atoms with Crippen LogP contribution in [-0.4, -0.2) is 96.7 Å². The Morgan fingerprint density at radius 2 is 0.778 bits per heavy atom. The van der Waals surface area contributed by atoms with E-state index in [0.717, 1.165) is 64.2 Å². The third-order valence-electron chi connectivity index (χ3n) is 7.57. The Morgan fingerprint density at radius 1 is 0.444 bits per heavy atom. The number of unbranched alkanes of at least 4 members (excludes halogenated alkanes) is 10. The summed E-state index contributed by atoms with van der Waals surface area (Å²) < 4.78 is 65.2. The Morgan fingerprint density at radius 3 is 1.20 bits per heavy atom. The quantitative estimate of drug-likeness (QED) is 0.0260. The Balaban J connectivity index is 4.98. The van der Waals surface area contributed by atoms with Gasteiger partial charge in [0.15, 0.2) is 12.2 Å². The van der Waals surface area contributed by atoms with Crippen LogP contribution < -0.4 is 0 Å². The fourth-order valence-electron chi connectivity index (χ4n) is 4.55. The van der Waals surface area contributed by atoms with Crippen LogP contribution in [0.2, 0.25) is 0 Å². The van der Waals surface area contributed by atoms with Gasteiger partial charge in [-0.3, -0.25) is 37.3 Å². The van der Waals surface area contributed by atoms with E-state index in [1.807, 2.05) is 13.8 Å². The third kappa shape index (κ3) is 31.3. The van der Waals surface area contributed by atoms with Gasteiger partial charge < -0.3 is 33.8 Å². The average Bonchev–Trinajstić information content (AvgIpc) is 3.12. The summed E-state index contributed by atoms with van der Waals surface area (Å²) in [6.07, 6.45) is 8.35. The van der Waals surface area contributed by atoms with Gasteiger partial charge in [0.25, 0.3) is 0 Å². The zero-order valence-corrected chi connectivity index (χ0v) is 34.4. The van der Waals surface area contributed by atoms with E-state index in [2.05, 4.69) is 6.92 Å². The molecule has 318 valence electrons. The van der Waals surface area contributed by atoms with Gasteiger partial charge in [0.2, 0.25) is 0 Å². The predicted octanol–water partition coefficient (Wildman–Crippen LogP) is 6.63. The second-order valence-electron chi connectivity index (χ2n) is 12.9. The van der Waals surface area contributed by atoms with Gasteiger partial charge in [0.05, 0.1) is 26.4 Å². The molecular formula is C35H66O17P2. The van der Waals surface area contributed by atoms with Gasteiger partial charge in [-0.25, -0.2) is 9.13 Å². The van der Waals surface area contributed by atoms with Crippen LogP contribution in [0.15, 0.2) is 0 Å². The molecule has 0 aromatic carbocycles. The van der Waals surface area contributed by atoms with Crippen molar-refractivity contribution in [3.05, 3.63) is 0 Å². The topological polar surface area (TPSA) is 237 Å². The Labute approximate surface area is 320 Å². The van der Waals surface area contributed by atoms with Gasteiger partial charge in [0.1, 0.15) is 19.3 Å². The highest BCUT2D eigenvalue weighted by atomic mass is 31.2. The van der Waals surface area contributed by atoms with Crippen molar-refractivity contribution in [2.75, 3.05) is 39.6 Å². The largest absolute Gasteiger partial charge is 0.472 e. The number of aliphatic hydroxyl groups excluding tert-OH is 1. The summed E-state index contributed by atoms with van der Waals surface area (Å²) in [5, 5.41) is 10.2. The van der Waals surface area contributed by atoms with Gasteiger partial charge in [0, 0.05) is 25.7 Å². The van der Waals surface area contributed by atoms with Gasteiger partial charge in [-0.05, 0) is 25.7 Å². The van der Waals surface area contributed by atoms with E-state index in [0.29, 0.717) is 25.7 Å². The van der Waals surface area contributed by atoms with Gasteiger partial charge >= 0.3 is 39.5 Å². The minimum Gasteiger partial charge on any atom is -0.462 e. The number of aliphatic hydroxyl groups is 1. The minimum atomic E-state index is -4.89. The molecule has 0 rings (SSSR count). The van der Waals surface area contributed by atoms with E-state index < -0.39 is 97.5 Å². The molecule has 54 heavy (non-hydrogen) atoms. The average molecular weight is 821 g/mol. The first-order valence-electron chi connectivity index (χ1n) is 19.3. The summed E-state index contributed by atoms with van der Waals surface area (Å²) in [4.78, 5) is 68.8. The highest BCUT2D eigenvalue weighted by Gasteiger charge is 2.30. The molecule has 0 fully saturated rings. The van der Waals surface area contributed by atoms with Crippen molar-refractivity contribution >= 4 is 39.5 Å². The second kappa shape index (κ2) is 32.2. The summed E-state index contributed by atoms with van der Waals surface area (Å²) in [6.45, 7) is 3.83.